The number of nitrogens with zero attached hydrogens (tertiary/aromatic N) is 4. The van der Waals surface area contributed by atoms with Crippen LogP contribution in [0.4, 0.5) is 0 Å². The molecule has 1 saturated heterocycles. The van der Waals surface area contributed by atoms with Gasteiger partial charge in [-0.2, -0.15) is 5.10 Å². The van der Waals surface area contributed by atoms with Crippen molar-refractivity contribution in [1.82, 2.24) is 19.7 Å². The summed E-state index contributed by atoms with van der Waals surface area (Å²) in [6.45, 7) is 4.99. The van der Waals surface area contributed by atoms with Crippen LogP contribution in [0.1, 0.15) is 55.1 Å². The van der Waals surface area contributed by atoms with Crippen molar-refractivity contribution in [2.45, 2.75) is 51.6 Å². The van der Waals surface area contributed by atoms with E-state index < -0.39 is 0 Å². The minimum absolute atomic E-state index is 0.0947. The molecule has 1 aliphatic rings. The Kier molecular flexibility index (Phi) is 4.92. The molecule has 5 nitrogen and oxygen atoms in total. The van der Waals surface area contributed by atoms with E-state index in [2.05, 4.69) is 48.2 Å². The van der Waals surface area contributed by atoms with Gasteiger partial charge < -0.3 is 4.90 Å². The maximum atomic E-state index is 13.1. The lowest BCUT2D eigenvalue weighted by Crippen LogP contribution is -2.35. The lowest BCUT2D eigenvalue weighted by atomic mass is 10.0. The highest BCUT2D eigenvalue weighted by atomic mass is 16.2. The molecule has 3 heterocycles. The van der Waals surface area contributed by atoms with E-state index in [0.29, 0.717) is 11.6 Å². The quantitative estimate of drug-likeness (QED) is 0.682. The highest BCUT2D eigenvalue weighted by molar-refractivity contribution is 5.97. The van der Waals surface area contributed by atoms with Crippen LogP contribution in [0, 0.1) is 0 Å². The van der Waals surface area contributed by atoms with Gasteiger partial charge in [-0.05, 0) is 51.2 Å². The number of hydrogen-bond donors (Lipinski definition) is 0. The van der Waals surface area contributed by atoms with Gasteiger partial charge in [0.1, 0.15) is 0 Å². The number of hydrogen-bond acceptors (Lipinski definition) is 3. The fourth-order valence-corrected chi connectivity index (χ4v) is 3.98. The highest BCUT2D eigenvalue weighted by Crippen LogP contribution is 2.25. The second-order valence-electron chi connectivity index (χ2n) is 7.64. The molecule has 1 amide bonds. The van der Waals surface area contributed by atoms with Gasteiger partial charge in [-0.1, -0.05) is 30.3 Å². The van der Waals surface area contributed by atoms with Gasteiger partial charge in [0.15, 0.2) is 5.65 Å². The number of benzene rings is 1. The van der Waals surface area contributed by atoms with E-state index in [-0.39, 0.29) is 11.9 Å². The first kappa shape index (κ1) is 17.7. The molecule has 140 valence electrons. The largest absolute Gasteiger partial charge is 0.336 e. The maximum Gasteiger partial charge on any atom is 0.255 e. The monoisotopic (exact) mass is 362 g/mol. The maximum absolute atomic E-state index is 13.1. The summed E-state index contributed by atoms with van der Waals surface area (Å²) in [7, 11) is 0. The van der Waals surface area contributed by atoms with Gasteiger partial charge in [-0.15, -0.1) is 0 Å². The van der Waals surface area contributed by atoms with Crippen molar-refractivity contribution in [3.8, 4) is 0 Å². The average molecular weight is 362 g/mol. The molecule has 0 N–H and O–H groups in total. The lowest BCUT2D eigenvalue weighted by molar-refractivity contribution is 0.0730. The zero-order chi connectivity index (χ0) is 18.8. The van der Waals surface area contributed by atoms with Crippen LogP contribution < -0.4 is 0 Å². The van der Waals surface area contributed by atoms with E-state index in [1.165, 1.54) is 5.56 Å². The summed E-state index contributed by atoms with van der Waals surface area (Å²) < 4.78 is 1.89. The SMILES string of the molecule is CC(C)n1ncc2cc(C(=O)N3CCCC3CCc3ccccc3)cnc21. The van der Waals surface area contributed by atoms with Crippen molar-refractivity contribution in [1.29, 1.82) is 0 Å². The Balaban J connectivity index is 1.50. The van der Waals surface area contributed by atoms with Crippen LogP contribution in [0.2, 0.25) is 0 Å². The molecule has 1 unspecified atom stereocenters. The molecule has 5 heteroatoms. The molecule has 3 aromatic rings. The Labute approximate surface area is 160 Å². The van der Waals surface area contributed by atoms with Crippen LogP contribution in [0.15, 0.2) is 48.8 Å². The molecule has 1 aliphatic heterocycles. The topological polar surface area (TPSA) is 51.0 Å². The molecule has 2 aromatic heterocycles. The Morgan fingerprint density at radius 2 is 2.04 bits per heavy atom. The number of carbonyl (C=O) groups excluding carboxylic acids is 1. The van der Waals surface area contributed by atoms with E-state index in [1.807, 2.05) is 21.7 Å². The summed E-state index contributed by atoms with van der Waals surface area (Å²) in [6, 6.07) is 13.0. The predicted octanol–water partition coefficient (Wildman–Crippen LogP) is 4.25. The molecule has 4 rings (SSSR count). The first-order valence-electron chi connectivity index (χ1n) is 9.81. The third-order valence-electron chi connectivity index (χ3n) is 5.42. The molecule has 0 saturated carbocycles. The molecule has 27 heavy (non-hydrogen) atoms. The Bertz CT molecular complexity index is 932. The van der Waals surface area contributed by atoms with Crippen LogP contribution in [-0.2, 0) is 6.42 Å². The molecular weight excluding hydrogens is 336 g/mol. The Morgan fingerprint density at radius 1 is 1.22 bits per heavy atom. The average Bonchev–Trinajstić information content (AvgIpc) is 3.33. The zero-order valence-corrected chi connectivity index (χ0v) is 16.0. The van der Waals surface area contributed by atoms with Crippen LogP contribution in [-0.4, -0.2) is 38.2 Å². The number of aromatic nitrogens is 3. The number of likely N-dealkylation sites (tertiary alicyclic amines) is 1. The van der Waals surface area contributed by atoms with E-state index in [9.17, 15) is 4.79 Å². The Morgan fingerprint density at radius 3 is 2.81 bits per heavy atom. The van der Waals surface area contributed by atoms with E-state index in [4.69, 9.17) is 0 Å². The summed E-state index contributed by atoms with van der Waals surface area (Å²) in [5.74, 6) is 0.0947. The van der Waals surface area contributed by atoms with Crippen LogP contribution in [0.25, 0.3) is 11.0 Å². The zero-order valence-electron chi connectivity index (χ0n) is 16.0. The number of rotatable bonds is 5. The minimum atomic E-state index is 0.0947. The third-order valence-corrected chi connectivity index (χ3v) is 5.42. The molecule has 1 atom stereocenters. The second kappa shape index (κ2) is 7.51. The molecule has 1 aromatic carbocycles. The van der Waals surface area contributed by atoms with Crippen molar-refractivity contribution in [3.63, 3.8) is 0 Å². The first-order chi connectivity index (χ1) is 13.1. The third kappa shape index (κ3) is 3.59. The lowest BCUT2D eigenvalue weighted by Gasteiger charge is -2.25. The summed E-state index contributed by atoms with van der Waals surface area (Å²) in [6.07, 6.45) is 7.68. The van der Waals surface area contributed by atoms with Gasteiger partial charge in [-0.25, -0.2) is 9.67 Å². The van der Waals surface area contributed by atoms with Crippen LogP contribution >= 0.6 is 0 Å². The number of fused-ring (bicyclic) bond motifs is 1. The van der Waals surface area contributed by atoms with Crippen LogP contribution in [0.5, 0.6) is 0 Å². The fraction of sp³-hybridized carbons (Fsp3) is 0.409. The fourth-order valence-electron chi connectivity index (χ4n) is 3.98. The van der Waals surface area contributed by atoms with Crippen molar-refractivity contribution in [2.75, 3.05) is 6.54 Å². The molecule has 0 bridgehead atoms. The first-order valence-corrected chi connectivity index (χ1v) is 9.81. The van der Waals surface area contributed by atoms with E-state index >= 15 is 0 Å². The molecule has 0 radical (unpaired) electrons. The highest BCUT2D eigenvalue weighted by Gasteiger charge is 2.29. The van der Waals surface area contributed by atoms with E-state index in [0.717, 1.165) is 43.3 Å². The number of amides is 1. The van der Waals surface area contributed by atoms with Gasteiger partial charge in [-0.3, -0.25) is 4.79 Å². The minimum Gasteiger partial charge on any atom is -0.336 e. The van der Waals surface area contributed by atoms with Crippen LogP contribution in [0.3, 0.4) is 0 Å². The van der Waals surface area contributed by atoms with Gasteiger partial charge >= 0.3 is 0 Å². The predicted molar refractivity (Wildman–Crippen MR) is 107 cm³/mol. The van der Waals surface area contributed by atoms with Crippen molar-refractivity contribution in [2.24, 2.45) is 0 Å². The molecule has 0 spiro atoms. The van der Waals surface area contributed by atoms with Gasteiger partial charge in [0, 0.05) is 30.2 Å². The standard InChI is InChI=1S/C22H26N4O/c1-16(2)26-21-18(15-24-26)13-19(14-23-21)22(27)25-12-6-9-20(25)11-10-17-7-4-3-5-8-17/h3-5,7-8,13-16,20H,6,9-12H2,1-2H3. The summed E-state index contributed by atoms with van der Waals surface area (Å²) in [5.41, 5.74) is 2.84. The molecular formula is C22H26N4O. The summed E-state index contributed by atoms with van der Waals surface area (Å²) in [4.78, 5) is 19.7. The molecule has 1 fully saturated rings. The van der Waals surface area contributed by atoms with Crippen molar-refractivity contribution in [3.05, 3.63) is 59.9 Å². The number of pyridine rings is 1. The van der Waals surface area contributed by atoms with Crippen molar-refractivity contribution >= 4 is 16.9 Å². The molecule has 0 aliphatic carbocycles. The summed E-state index contributed by atoms with van der Waals surface area (Å²) >= 11 is 0. The van der Waals surface area contributed by atoms with Gasteiger partial charge in [0.05, 0.1) is 11.8 Å². The number of carbonyl (C=O) groups is 1. The van der Waals surface area contributed by atoms with Crippen molar-refractivity contribution < 1.29 is 4.79 Å². The van der Waals surface area contributed by atoms with E-state index in [1.54, 1.807) is 12.4 Å². The Hall–Kier alpha value is -2.69. The normalized spacial score (nSPS) is 17.1. The van der Waals surface area contributed by atoms with Gasteiger partial charge in [0.25, 0.3) is 5.91 Å². The van der Waals surface area contributed by atoms with Gasteiger partial charge in [0.2, 0.25) is 0 Å². The summed E-state index contributed by atoms with van der Waals surface area (Å²) in [5, 5.41) is 5.33. The smallest absolute Gasteiger partial charge is 0.255 e. The second-order valence-corrected chi connectivity index (χ2v) is 7.64. The number of aryl methyl sites for hydroxylation is 1.